The standard InChI is InChI=1S/C31H27N3O6S2/c35-23-7-3-4-18(12-23)15-33-11-10-21(28(33)37)13-22-16-42-30-26(29(38)34(30)27(22)31(39)40)32-25(36)17-41-24-9-8-19-5-1-2-6-20(19)14-24/h1-9,12-14,26,30,35H,10-11,15-17H2,(H,32,36)(H,39,40)/b21-13+/t26-,30+/m0/s1. The van der Waals surface area contributed by atoms with Crippen LogP contribution in [0.25, 0.3) is 10.8 Å². The number of thioether (sulfide) groups is 2. The maximum Gasteiger partial charge on any atom is 0.352 e. The van der Waals surface area contributed by atoms with Crippen LogP contribution in [-0.2, 0) is 25.7 Å². The molecule has 3 aromatic rings. The Hall–Kier alpha value is -4.22. The molecule has 2 saturated heterocycles. The Kier molecular flexibility index (Phi) is 7.70. The van der Waals surface area contributed by atoms with Gasteiger partial charge in [-0.3, -0.25) is 19.3 Å². The topological polar surface area (TPSA) is 127 Å². The maximum atomic E-state index is 13.1. The van der Waals surface area contributed by atoms with Crippen molar-refractivity contribution in [3.63, 3.8) is 0 Å². The van der Waals surface area contributed by atoms with Gasteiger partial charge >= 0.3 is 5.97 Å². The van der Waals surface area contributed by atoms with Crippen LogP contribution in [0.5, 0.6) is 5.75 Å². The maximum absolute atomic E-state index is 13.1. The highest BCUT2D eigenvalue weighted by molar-refractivity contribution is 8.00. The van der Waals surface area contributed by atoms with E-state index in [1.807, 2.05) is 48.5 Å². The van der Waals surface area contributed by atoms with Crippen LogP contribution < -0.4 is 5.32 Å². The summed E-state index contributed by atoms with van der Waals surface area (Å²) in [6.45, 7) is 0.803. The van der Waals surface area contributed by atoms with E-state index in [9.17, 15) is 29.4 Å². The minimum Gasteiger partial charge on any atom is -0.508 e. The lowest BCUT2D eigenvalue weighted by Gasteiger charge is -2.49. The third-order valence-corrected chi connectivity index (χ3v) is 9.75. The first-order valence-corrected chi connectivity index (χ1v) is 15.4. The average Bonchev–Trinajstić information content (AvgIpc) is 3.32. The van der Waals surface area contributed by atoms with E-state index in [0.717, 1.165) is 21.2 Å². The fourth-order valence-corrected chi connectivity index (χ4v) is 7.47. The van der Waals surface area contributed by atoms with Gasteiger partial charge in [0.05, 0.1) is 5.75 Å². The number of carbonyl (C=O) groups is 4. The highest BCUT2D eigenvalue weighted by atomic mass is 32.2. The summed E-state index contributed by atoms with van der Waals surface area (Å²) in [7, 11) is 0. The average molecular weight is 602 g/mol. The third-order valence-electron chi connectivity index (χ3n) is 7.45. The van der Waals surface area contributed by atoms with Crippen molar-refractivity contribution in [3.05, 3.63) is 95.2 Å². The van der Waals surface area contributed by atoms with Crippen LogP contribution in [0.1, 0.15) is 12.0 Å². The Bertz CT molecular complexity index is 1690. The highest BCUT2D eigenvalue weighted by Crippen LogP contribution is 2.41. The second-order valence-corrected chi connectivity index (χ2v) is 12.4. The Morgan fingerprint density at radius 2 is 1.86 bits per heavy atom. The second-order valence-electron chi connectivity index (χ2n) is 10.2. The lowest BCUT2D eigenvalue weighted by atomic mass is 10.0. The molecule has 3 aromatic carbocycles. The molecule has 3 aliphatic heterocycles. The van der Waals surface area contributed by atoms with E-state index in [1.54, 1.807) is 29.2 Å². The van der Waals surface area contributed by atoms with Gasteiger partial charge in [0.15, 0.2) is 0 Å². The molecule has 11 heteroatoms. The van der Waals surface area contributed by atoms with Gasteiger partial charge in [0.25, 0.3) is 5.91 Å². The van der Waals surface area contributed by atoms with Gasteiger partial charge in [-0.1, -0.05) is 42.5 Å². The number of fused-ring (bicyclic) bond motifs is 2. The van der Waals surface area contributed by atoms with E-state index < -0.39 is 23.3 Å². The van der Waals surface area contributed by atoms with Gasteiger partial charge in [0.1, 0.15) is 22.9 Å². The first kappa shape index (κ1) is 27.9. The van der Waals surface area contributed by atoms with E-state index in [4.69, 9.17) is 0 Å². The SMILES string of the molecule is O=C(CSc1ccc2ccccc2c1)N[C@H]1C(=O)N2C(C(=O)O)=C(/C=C3\CCN(Cc4cccc(O)c4)C3=O)CS[C@H]12. The Labute approximate surface area is 250 Å². The number of nitrogens with zero attached hydrogens (tertiary/aromatic N) is 2. The molecular formula is C31H27N3O6S2. The molecular weight excluding hydrogens is 574 g/mol. The van der Waals surface area contributed by atoms with Gasteiger partial charge in [-0.2, -0.15) is 0 Å². The minimum absolute atomic E-state index is 0.123. The molecule has 3 amide bonds. The molecule has 0 unspecified atom stereocenters. The van der Waals surface area contributed by atoms with Crippen molar-refractivity contribution in [2.75, 3.05) is 18.1 Å². The summed E-state index contributed by atoms with van der Waals surface area (Å²) >= 11 is 2.74. The first-order valence-electron chi connectivity index (χ1n) is 13.4. The van der Waals surface area contributed by atoms with E-state index in [0.29, 0.717) is 30.7 Å². The van der Waals surface area contributed by atoms with Gasteiger partial charge in [0, 0.05) is 29.3 Å². The molecule has 0 aromatic heterocycles. The van der Waals surface area contributed by atoms with Crippen molar-refractivity contribution >= 4 is 58.0 Å². The van der Waals surface area contributed by atoms with Crippen LogP contribution in [0.2, 0.25) is 0 Å². The third kappa shape index (κ3) is 5.49. The number of nitrogens with one attached hydrogen (secondary N) is 1. The lowest BCUT2D eigenvalue weighted by molar-refractivity contribution is -0.150. The molecule has 0 spiro atoms. The summed E-state index contributed by atoms with van der Waals surface area (Å²) < 4.78 is 0. The van der Waals surface area contributed by atoms with Crippen molar-refractivity contribution in [1.29, 1.82) is 0 Å². The summed E-state index contributed by atoms with van der Waals surface area (Å²) in [5.41, 5.74) is 1.52. The van der Waals surface area contributed by atoms with Crippen LogP contribution in [0.15, 0.2) is 94.5 Å². The van der Waals surface area contributed by atoms with Crippen LogP contribution in [0.4, 0.5) is 0 Å². The summed E-state index contributed by atoms with van der Waals surface area (Å²) in [5.74, 6) is -1.70. The van der Waals surface area contributed by atoms with Crippen LogP contribution in [0.3, 0.4) is 0 Å². The second kappa shape index (κ2) is 11.6. The summed E-state index contributed by atoms with van der Waals surface area (Å²) in [4.78, 5) is 54.9. The molecule has 0 aliphatic carbocycles. The predicted molar refractivity (Wildman–Crippen MR) is 161 cm³/mol. The van der Waals surface area contributed by atoms with E-state index in [1.165, 1.54) is 28.4 Å². The highest BCUT2D eigenvalue weighted by Gasteiger charge is 2.54. The number of carbonyl (C=O) groups excluding carboxylic acids is 3. The number of amides is 3. The summed E-state index contributed by atoms with van der Waals surface area (Å²) in [5, 5.41) is 24.2. The van der Waals surface area contributed by atoms with E-state index in [2.05, 4.69) is 5.32 Å². The van der Waals surface area contributed by atoms with Gasteiger partial charge in [-0.05, 0) is 58.7 Å². The first-order chi connectivity index (χ1) is 20.3. The minimum atomic E-state index is -1.25. The normalized spacial score (nSPS) is 21.1. The van der Waals surface area contributed by atoms with Gasteiger partial charge in [0.2, 0.25) is 11.8 Å². The number of phenols is 1. The number of phenolic OH excluding ortho intramolecular Hbond substituents is 1. The Morgan fingerprint density at radius 1 is 1.05 bits per heavy atom. The Balaban J connectivity index is 1.10. The molecule has 42 heavy (non-hydrogen) atoms. The number of rotatable bonds is 8. The van der Waals surface area contributed by atoms with Crippen molar-refractivity contribution in [2.24, 2.45) is 0 Å². The van der Waals surface area contributed by atoms with Crippen molar-refractivity contribution in [3.8, 4) is 5.75 Å². The van der Waals surface area contributed by atoms with Gasteiger partial charge in [-0.15, -0.1) is 23.5 Å². The number of hydrogen-bond acceptors (Lipinski definition) is 7. The van der Waals surface area contributed by atoms with Crippen LogP contribution in [0, 0.1) is 0 Å². The molecule has 3 aliphatic rings. The number of hydrogen-bond donors (Lipinski definition) is 3. The van der Waals surface area contributed by atoms with Crippen LogP contribution >= 0.6 is 23.5 Å². The number of likely N-dealkylation sites (tertiary alicyclic amines) is 1. The van der Waals surface area contributed by atoms with Gasteiger partial charge < -0.3 is 20.4 Å². The molecule has 6 rings (SSSR count). The Morgan fingerprint density at radius 3 is 2.64 bits per heavy atom. The molecule has 0 bridgehead atoms. The zero-order chi connectivity index (χ0) is 29.4. The summed E-state index contributed by atoms with van der Waals surface area (Å²) in [6, 6.07) is 19.8. The number of β-lactam (4-membered cyclic amide) rings is 1. The molecule has 2 atom stereocenters. The number of benzene rings is 3. The molecule has 3 heterocycles. The molecule has 3 N–H and O–H groups in total. The summed E-state index contributed by atoms with van der Waals surface area (Å²) in [6.07, 6.45) is 2.04. The van der Waals surface area contributed by atoms with Crippen molar-refractivity contribution in [1.82, 2.24) is 15.1 Å². The smallest absolute Gasteiger partial charge is 0.352 e. The number of carboxylic acid groups (broad SMARTS) is 1. The number of aromatic hydroxyl groups is 1. The lowest BCUT2D eigenvalue weighted by Crippen LogP contribution is -2.70. The number of aliphatic carboxylic acids is 1. The fraction of sp³-hybridized carbons (Fsp3) is 0.226. The molecule has 0 radical (unpaired) electrons. The fourth-order valence-electron chi connectivity index (χ4n) is 5.41. The number of allylic oxidation sites excluding steroid dienone is 1. The number of carboxylic acids is 1. The van der Waals surface area contributed by atoms with Crippen LogP contribution in [-0.4, -0.2) is 73.2 Å². The predicted octanol–water partition coefficient (Wildman–Crippen LogP) is 3.74. The van der Waals surface area contributed by atoms with Gasteiger partial charge in [-0.25, -0.2) is 4.79 Å². The van der Waals surface area contributed by atoms with E-state index in [-0.39, 0.29) is 34.8 Å². The van der Waals surface area contributed by atoms with E-state index >= 15 is 0 Å². The molecule has 2 fully saturated rings. The monoisotopic (exact) mass is 601 g/mol. The van der Waals surface area contributed by atoms with Crippen molar-refractivity contribution < 1.29 is 29.4 Å². The quantitative estimate of drug-likeness (QED) is 0.203. The molecule has 0 saturated carbocycles. The zero-order valence-electron chi connectivity index (χ0n) is 22.4. The zero-order valence-corrected chi connectivity index (χ0v) is 24.0. The largest absolute Gasteiger partial charge is 0.508 e. The van der Waals surface area contributed by atoms with Crippen molar-refractivity contribution in [2.45, 2.75) is 29.3 Å². The molecule has 9 nitrogen and oxygen atoms in total. The molecule has 214 valence electrons.